The van der Waals surface area contributed by atoms with Crippen molar-refractivity contribution in [2.24, 2.45) is 0 Å². The molecule has 6 rings (SSSR count). The number of Topliss-reactive ketones (excluding diaryl/α,β-unsaturated/α-hetero) is 2. The Labute approximate surface area is 209 Å². The van der Waals surface area contributed by atoms with E-state index in [4.69, 9.17) is 0 Å². The van der Waals surface area contributed by atoms with Crippen LogP contribution in [0.3, 0.4) is 0 Å². The van der Waals surface area contributed by atoms with E-state index >= 15 is 0 Å². The molecule has 0 unspecified atom stereocenters. The predicted octanol–water partition coefficient (Wildman–Crippen LogP) is 8.39. The van der Waals surface area contributed by atoms with Gasteiger partial charge < -0.3 is 0 Å². The average Bonchev–Trinajstić information content (AvgIpc) is 2.96. The molecule has 0 heterocycles. The Morgan fingerprint density at radius 1 is 0.361 bits per heavy atom. The lowest BCUT2D eigenvalue weighted by Crippen LogP contribution is -2.14. The van der Waals surface area contributed by atoms with Crippen molar-refractivity contribution in [1.82, 2.24) is 0 Å². The van der Waals surface area contributed by atoms with Crippen molar-refractivity contribution < 1.29 is 9.59 Å². The van der Waals surface area contributed by atoms with Crippen LogP contribution in [0.25, 0.3) is 43.8 Å². The maximum absolute atomic E-state index is 13.0. The third kappa shape index (κ3) is 3.89. The first-order chi connectivity index (χ1) is 17.7. The summed E-state index contributed by atoms with van der Waals surface area (Å²) in [6.45, 7) is 0. The number of fused-ring (bicyclic) bond motifs is 2. The minimum absolute atomic E-state index is 0.391. The largest absolute Gasteiger partial charge is 0.285 e. The lowest BCUT2D eigenvalue weighted by Gasteiger charge is -2.09. The fourth-order valence-electron chi connectivity index (χ4n) is 4.82. The summed E-state index contributed by atoms with van der Waals surface area (Å²) >= 11 is 0. The van der Waals surface area contributed by atoms with Crippen LogP contribution in [0.15, 0.2) is 133 Å². The van der Waals surface area contributed by atoms with Crippen LogP contribution in [0, 0.1) is 0 Å². The van der Waals surface area contributed by atoms with Gasteiger partial charge in [-0.3, -0.25) is 9.59 Å². The van der Waals surface area contributed by atoms with E-state index in [1.54, 1.807) is 24.3 Å². The van der Waals surface area contributed by atoms with Gasteiger partial charge in [-0.05, 0) is 43.8 Å². The molecule has 0 aliphatic rings. The van der Waals surface area contributed by atoms with Gasteiger partial charge >= 0.3 is 0 Å². The molecule has 0 bridgehead atoms. The van der Waals surface area contributed by atoms with Crippen LogP contribution in [-0.4, -0.2) is 11.6 Å². The third-order valence-electron chi connectivity index (χ3n) is 6.70. The van der Waals surface area contributed by atoms with Gasteiger partial charge in [-0.1, -0.05) is 133 Å². The predicted molar refractivity (Wildman–Crippen MR) is 147 cm³/mol. The Morgan fingerprint density at radius 2 is 0.722 bits per heavy atom. The molecular weight excluding hydrogens is 440 g/mol. The number of carbonyl (C=O) groups is 2. The van der Waals surface area contributed by atoms with Gasteiger partial charge in [0.2, 0.25) is 11.6 Å². The van der Waals surface area contributed by atoms with Crippen LogP contribution in [-0.2, 0) is 0 Å². The van der Waals surface area contributed by atoms with Gasteiger partial charge in [0.1, 0.15) is 0 Å². The summed E-state index contributed by atoms with van der Waals surface area (Å²) in [5.74, 6) is -1.00. The molecule has 6 aromatic rings. The number of rotatable bonds is 5. The first-order valence-corrected chi connectivity index (χ1v) is 11.9. The summed E-state index contributed by atoms with van der Waals surface area (Å²) in [6, 6.07) is 43.4. The van der Waals surface area contributed by atoms with Crippen molar-refractivity contribution in [2.75, 3.05) is 0 Å². The number of hydrogen-bond acceptors (Lipinski definition) is 2. The molecular formula is C34H22O2. The number of benzene rings is 6. The summed E-state index contributed by atoms with van der Waals surface area (Å²) in [6.07, 6.45) is 0. The van der Waals surface area contributed by atoms with Crippen LogP contribution < -0.4 is 0 Å². The number of carbonyl (C=O) groups excluding carboxylic acids is 2. The zero-order chi connectivity index (χ0) is 24.5. The van der Waals surface area contributed by atoms with Crippen molar-refractivity contribution in [1.29, 1.82) is 0 Å². The first-order valence-electron chi connectivity index (χ1n) is 11.9. The fraction of sp³-hybridized carbons (Fsp3) is 0. The minimum Gasteiger partial charge on any atom is -0.285 e. The molecule has 0 aliphatic carbocycles. The molecule has 0 amide bonds. The van der Waals surface area contributed by atoms with Crippen molar-refractivity contribution in [3.05, 3.63) is 145 Å². The molecule has 0 aliphatic heterocycles. The first kappa shape index (κ1) is 21.7. The highest BCUT2D eigenvalue weighted by Crippen LogP contribution is 2.30. The molecule has 6 aromatic carbocycles. The Hall–Kier alpha value is -4.82. The standard InChI is InChI=1S/C34H22O2/c35-33(27-19-15-25(16-20-27)31-13-5-9-23-7-1-3-11-29(23)31)34(36)28-21-17-26(18-22-28)32-14-6-10-24-8-2-4-12-30(24)32/h1-22H. The monoisotopic (exact) mass is 462 g/mol. The molecule has 2 nitrogen and oxygen atoms in total. The van der Waals surface area contributed by atoms with Crippen LogP contribution in [0.4, 0.5) is 0 Å². The van der Waals surface area contributed by atoms with E-state index < -0.39 is 11.6 Å². The molecule has 0 spiro atoms. The molecule has 0 saturated heterocycles. The van der Waals surface area contributed by atoms with E-state index in [2.05, 4.69) is 48.5 Å². The second kappa shape index (κ2) is 9.09. The zero-order valence-electron chi connectivity index (χ0n) is 19.5. The highest BCUT2D eigenvalue weighted by atomic mass is 16.2. The smallest absolute Gasteiger partial charge is 0.233 e. The van der Waals surface area contributed by atoms with Crippen LogP contribution in [0.2, 0.25) is 0 Å². The van der Waals surface area contributed by atoms with Crippen molar-refractivity contribution >= 4 is 33.1 Å². The Balaban J connectivity index is 1.25. The lowest BCUT2D eigenvalue weighted by atomic mass is 9.94. The van der Waals surface area contributed by atoms with E-state index in [1.807, 2.05) is 60.7 Å². The maximum Gasteiger partial charge on any atom is 0.233 e. The summed E-state index contributed by atoms with van der Waals surface area (Å²) < 4.78 is 0. The van der Waals surface area contributed by atoms with Gasteiger partial charge in [0.05, 0.1) is 0 Å². The van der Waals surface area contributed by atoms with E-state index in [0.29, 0.717) is 11.1 Å². The third-order valence-corrected chi connectivity index (χ3v) is 6.70. The topological polar surface area (TPSA) is 34.1 Å². The Morgan fingerprint density at radius 3 is 1.14 bits per heavy atom. The van der Waals surface area contributed by atoms with Crippen molar-refractivity contribution in [2.45, 2.75) is 0 Å². The summed E-state index contributed by atoms with van der Waals surface area (Å²) in [5.41, 5.74) is 5.00. The Kier molecular flexibility index (Phi) is 5.48. The highest BCUT2D eigenvalue weighted by Gasteiger charge is 2.19. The average molecular weight is 463 g/mol. The minimum atomic E-state index is -0.502. The second-order valence-corrected chi connectivity index (χ2v) is 8.87. The highest BCUT2D eigenvalue weighted by molar-refractivity contribution is 6.49. The quantitative estimate of drug-likeness (QED) is 0.190. The van der Waals surface area contributed by atoms with Gasteiger partial charge in [-0.2, -0.15) is 0 Å². The van der Waals surface area contributed by atoms with Gasteiger partial charge in [0.25, 0.3) is 0 Å². The molecule has 170 valence electrons. The van der Waals surface area contributed by atoms with Gasteiger partial charge in [-0.15, -0.1) is 0 Å². The van der Waals surface area contributed by atoms with Crippen LogP contribution in [0.1, 0.15) is 20.7 Å². The van der Waals surface area contributed by atoms with Crippen molar-refractivity contribution in [3.8, 4) is 22.3 Å². The summed E-state index contributed by atoms with van der Waals surface area (Å²) in [4.78, 5) is 26.0. The van der Waals surface area contributed by atoms with Crippen LogP contribution >= 0.6 is 0 Å². The van der Waals surface area contributed by atoms with Gasteiger partial charge in [0.15, 0.2) is 0 Å². The molecule has 36 heavy (non-hydrogen) atoms. The molecule has 0 saturated carbocycles. The van der Waals surface area contributed by atoms with E-state index in [1.165, 1.54) is 0 Å². The SMILES string of the molecule is O=C(C(=O)c1ccc(-c2cccc3ccccc23)cc1)c1ccc(-c2cccc3ccccc23)cc1. The summed E-state index contributed by atoms with van der Waals surface area (Å²) in [7, 11) is 0. The Bertz CT molecular complexity index is 1600. The number of hydrogen-bond donors (Lipinski definition) is 0. The van der Waals surface area contributed by atoms with Crippen molar-refractivity contribution in [3.63, 3.8) is 0 Å². The normalized spacial score (nSPS) is 11.0. The van der Waals surface area contributed by atoms with Crippen LogP contribution in [0.5, 0.6) is 0 Å². The number of ketones is 2. The molecule has 0 atom stereocenters. The molecule has 2 heteroatoms. The van der Waals surface area contributed by atoms with E-state index in [9.17, 15) is 9.59 Å². The second-order valence-electron chi connectivity index (χ2n) is 8.87. The fourth-order valence-corrected chi connectivity index (χ4v) is 4.82. The van der Waals surface area contributed by atoms with E-state index in [0.717, 1.165) is 43.8 Å². The molecule has 0 radical (unpaired) electrons. The zero-order valence-corrected chi connectivity index (χ0v) is 19.5. The molecule has 0 fully saturated rings. The molecule has 0 N–H and O–H groups in total. The van der Waals surface area contributed by atoms with Gasteiger partial charge in [-0.25, -0.2) is 0 Å². The van der Waals surface area contributed by atoms with Gasteiger partial charge in [0, 0.05) is 11.1 Å². The van der Waals surface area contributed by atoms with E-state index in [-0.39, 0.29) is 0 Å². The lowest BCUT2D eigenvalue weighted by molar-refractivity contribution is 0.0817. The molecule has 0 aromatic heterocycles. The summed E-state index contributed by atoms with van der Waals surface area (Å²) in [5, 5.41) is 4.64. The maximum atomic E-state index is 13.0.